The Labute approximate surface area is 126 Å². The number of halogens is 5. The topological polar surface area (TPSA) is 66.8 Å². The van der Waals surface area contributed by atoms with Crippen molar-refractivity contribution in [1.29, 1.82) is 0 Å². The Hall–Kier alpha value is -2.56. The van der Waals surface area contributed by atoms with Crippen LogP contribution < -0.4 is 4.41 Å². The molecule has 11 heteroatoms. The van der Waals surface area contributed by atoms with Crippen molar-refractivity contribution in [3.8, 4) is 0 Å². The van der Waals surface area contributed by atoms with Crippen LogP contribution in [-0.4, -0.2) is 8.42 Å². The summed E-state index contributed by atoms with van der Waals surface area (Å²) in [6.07, 6.45) is 0. The summed E-state index contributed by atoms with van der Waals surface area (Å²) in [5.41, 5.74) is -1.99. The van der Waals surface area contributed by atoms with Gasteiger partial charge in [-0.1, -0.05) is 18.2 Å². The average molecular weight is 352 g/mol. The van der Waals surface area contributed by atoms with E-state index in [-0.39, 0.29) is 0 Å². The monoisotopic (exact) mass is 352 g/mol. The lowest BCUT2D eigenvalue weighted by Gasteiger charge is -2.17. The molecule has 0 unspecified atom stereocenters. The molecule has 0 N–H and O–H groups in total. The highest BCUT2D eigenvalue weighted by Crippen LogP contribution is 2.33. The molecule has 0 bridgehead atoms. The van der Waals surface area contributed by atoms with Gasteiger partial charge >= 0.3 is 0 Å². The van der Waals surface area contributed by atoms with Crippen molar-refractivity contribution in [1.82, 2.24) is 0 Å². The molecular formula is C12H5F5N2O3S. The zero-order chi connectivity index (χ0) is 17.4. The molecule has 0 atom stereocenters. The predicted molar refractivity (Wildman–Crippen MR) is 68.1 cm³/mol. The molecule has 0 aliphatic heterocycles. The molecule has 0 aliphatic rings. The van der Waals surface area contributed by atoms with E-state index in [1.165, 1.54) is 18.2 Å². The van der Waals surface area contributed by atoms with Crippen molar-refractivity contribution < 1.29 is 30.4 Å². The van der Waals surface area contributed by atoms with Crippen LogP contribution in [0.2, 0.25) is 0 Å². The minimum atomic E-state index is -4.98. The van der Waals surface area contributed by atoms with Crippen molar-refractivity contribution in [2.45, 2.75) is 4.90 Å². The van der Waals surface area contributed by atoms with Crippen LogP contribution in [-0.2, 0) is 10.0 Å². The van der Waals surface area contributed by atoms with Crippen LogP contribution in [0, 0.1) is 34.0 Å². The second-order valence-corrected chi connectivity index (χ2v) is 5.83. The Morgan fingerprint density at radius 3 is 1.65 bits per heavy atom. The molecular weight excluding hydrogens is 347 g/mol. The highest BCUT2D eigenvalue weighted by atomic mass is 32.2. The van der Waals surface area contributed by atoms with Gasteiger partial charge in [0.1, 0.15) is 0 Å². The maximum atomic E-state index is 13.7. The van der Waals surface area contributed by atoms with Crippen molar-refractivity contribution in [2.24, 2.45) is 5.29 Å². The molecule has 5 nitrogen and oxygen atoms in total. The minimum Gasteiger partial charge on any atom is -0.201 e. The van der Waals surface area contributed by atoms with Crippen molar-refractivity contribution in [3.63, 3.8) is 0 Å². The predicted octanol–water partition coefficient (Wildman–Crippen LogP) is 3.26. The van der Waals surface area contributed by atoms with Gasteiger partial charge in [-0.3, -0.25) is 0 Å². The maximum absolute atomic E-state index is 13.7. The summed E-state index contributed by atoms with van der Waals surface area (Å²) in [7, 11) is -4.98. The summed E-state index contributed by atoms with van der Waals surface area (Å²) in [5.74, 6) is -12.3. The molecule has 0 heterocycles. The van der Waals surface area contributed by atoms with Crippen LogP contribution in [0.3, 0.4) is 0 Å². The lowest BCUT2D eigenvalue weighted by molar-refractivity contribution is 0.380. The SMILES string of the molecule is O=NN(c1c(F)c(F)c(F)c(F)c1F)S(=O)(=O)c1ccccc1. The van der Waals surface area contributed by atoms with Gasteiger partial charge in [0.15, 0.2) is 29.0 Å². The van der Waals surface area contributed by atoms with Crippen LogP contribution >= 0.6 is 0 Å². The van der Waals surface area contributed by atoms with E-state index in [0.717, 1.165) is 12.1 Å². The first-order valence-electron chi connectivity index (χ1n) is 5.68. The van der Waals surface area contributed by atoms with Gasteiger partial charge in [-0.15, -0.1) is 9.32 Å². The summed E-state index contributed by atoms with van der Waals surface area (Å²) in [4.78, 5) is 10.1. The number of hydrogen-bond acceptors (Lipinski definition) is 4. The fraction of sp³-hybridized carbons (Fsp3) is 0. The molecule has 0 aliphatic carbocycles. The van der Waals surface area contributed by atoms with E-state index in [2.05, 4.69) is 0 Å². The molecule has 0 spiro atoms. The zero-order valence-corrected chi connectivity index (χ0v) is 11.6. The quantitative estimate of drug-likeness (QED) is 0.279. The Balaban J connectivity index is 2.76. The molecule has 0 amide bonds. The highest BCUT2D eigenvalue weighted by molar-refractivity contribution is 7.92. The van der Waals surface area contributed by atoms with Gasteiger partial charge in [0.05, 0.1) is 10.2 Å². The van der Waals surface area contributed by atoms with E-state index < -0.39 is 54.1 Å². The fourth-order valence-electron chi connectivity index (χ4n) is 1.66. The van der Waals surface area contributed by atoms with Gasteiger partial charge in [0.2, 0.25) is 5.82 Å². The van der Waals surface area contributed by atoms with E-state index in [1.807, 2.05) is 5.29 Å². The van der Waals surface area contributed by atoms with Gasteiger partial charge in [-0.25, -0.2) is 22.0 Å². The van der Waals surface area contributed by atoms with Crippen molar-refractivity contribution >= 4 is 15.7 Å². The van der Waals surface area contributed by atoms with E-state index in [0.29, 0.717) is 0 Å². The standard InChI is InChI=1S/C12H5F5N2O3S/c13-7-8(14)10(16)12(11(17)9(7)15)19(18-20)23(21,22)6-4-2-1-3-5-6/h1-5H. The number of sulfonamides is 1. The van der Waals surface area contributed by atoms with Gasteiger partial charge in [-0.2, -0.15) is 8.42 Å². The lowest BCUT2D eigenvalue weighted by Crippen LogP contribution is -2.28. The van der Waals surface area contributed by atoms with E-state index in [9.17, 15) is 35.3 Å². The normalized spacial score (nSPS) is 11.3. The van der Waals surface area contributed by atoms with Crippen LogP contribution in [0.5, 0.6) is 0 Å². The third-order valence-electron chi connectivity index (χ3n) is 2.72. The smallest absolute Gasteiger partial charge is 0.201 e. The van der Waals surface area contributed by atoms with Gasteiger partial charge < -0.3 is 0 Å². The van der Waals surface area contributed by atoms with Gasteiger partial charge in [0, 0.05) is 0 Å². The molecule has 0 saturated carbocycles. The molecule has 0 aromatic heterocycles. The number of nitroso groups, excluding NO2 is 1. The lowest BCUT2D eigenvalue weighted by atomic mass is 10.2. The Morgan fingerprint density at radius 1 is 0.783 bits per heavy atom. The number of benzene rings is 2. The Kier molecular flexibility index (Phi) is 4.32. The second kappa shape index (κ2) is 5.91. The summed E-state index contributed by atoms with van der Waals surface area (Å²) >= 11 is 0. The molecule has 2 rings (SSSR count). The number of rotatable bonds is 4. The van der Waals surface area contributed by atoms with Crippen molar-refractivity contribution in [2.75, 3.05) is 4.41 Å². The van der Waals surface area contributed by atoms with E-state index >= 15 is 0 Å². The summed E-state index contributed by atoms with van der Waals surface area (Å²) in [6, 6.07) is 5.72. The molecule has 0 fully saturated rings. The molecule has 122 valence electrons. The number of hydrogen-bond donors (Lipinski definition) is 0. The third-order valence-corrected chi connectivity index (χ3v) is 4.29. The molecule has 0 radical (unpaired) electrons. The van der Waals surface area contributed by atoms with E-state index in [4.69, 9.17) is 0 Å². The van der Waals surface area contributed by atoms with Crippen LogP contribution in [0.4, 0.5) is 27.6 Å². The molecule has 0 saturated heterocycles. The van der Waals surface area contributed by atoms with Crippen molar-refractivity contribution in [3.05, 3.63) is 64.3 Å². The second-order valence-electron chi connectivity index (χ2n) is 4.06. The third kappa shape index (κ3) is 2.63. The maximum Gasteiger partial charge on any atom is 0.286 e. The van der Waals surface area contributed by atoms with E-state index in [1.54, 1.807) is 0 Å². The molecule has 23 heavy (non-hydrogen) atoms. The minimum absolute atomic E-state index is 0.636. The Bertz CT molecular complexity index is 845. The average Bonchev–Trinajstić information content (AvgIpc) is 2.55. The highest BCUT2D eigenvalue weighted by Gasteiger charge is 2.36. The first-order chi connectivity index (χ1) is 10.7. The summed E-state index contributed by atoms with van der Waals surface area (Å²) in [6.45, 7) is 0. The van der Waals surface area contributed by atoms with Gasteiger partial charge in [0.25, 0.3) is 10.0 Å². The first-order valence-corrected chi connectivity index (χ1v) is 7.12. The first kappa shape index (κ1) is 16.8. The van der Waals surface area contributed by atoms with Crippen LogP contribution in [0.25, 0.3) is 0 Å². The fourth-order valence-corrected chi connectivity index (χ4v) is 2.85. The molecule has 2 aromatic rings. The summed E-state index contributed by atoms with van der Waals surface area (Å²) in [5, 5.41) is 1.90. The molecule has 2 aromatic carbocycles. The number of anilines is 1. The Morgan fingerprint density at radius 2 is 1.22 bits per heavy atom. The summed E-state index contributed by atoms with van der Waals surface area (Å²) < 4.78 is 90.1. The van der Waals surface area contributed by atoms with Gasteiger partial charge in [-0.05, 0) is 12.1 Å². The zero-order valence-electron chi connectivity index (χ0n) is 10.8. The van der Waals surface area contributed by atoms with Crippen LogP contribution in [0.1, 0.15) is 0 Å². The number of nitrogens with zero attached hydrogens (tertiary/aromatic N) is 2. The van der Waals surface area contributed by atoms with Crippen LogP contribution in [0.15, 0.2) is 40.5 Å². The largest absolute Gasteiger partial charge is 0.286 e.